The van der Waals surface area contributed by atoms with Crippen molar-refractivity contribution in [2.75, 3.05) is 12.4 Å². The molecule has 1 aliphatic rings. The molecule has 5 rings (SSSR count). The number of ether oxygens (including phenoxy) is 1. The first kappa shape index (κ1) is 24.4. The lowest BCUT2D eigenvalue weighted by atomic mass is 9.78. The third-order valence-electron chi connectivity index (χ3n) is 6.85. The van der Waals surface area contributed by atoms with Crippen molar-refractivity contribution in [2.45, 2.75) is 38.0 Å². The molecular formula is C28H26ClN3O3S. The first-order chi connectivity index (χ1) is 17.5. The van der Waals surface area contributed by atoms with Crippen LogP contribution in [0.2, 0.25) is 5.02 Å². The molecule has 0 atom stereocenters. The summed E-state index contributed by atoms with van der Waals surface area (Å²) in [4.78, 5) is 33.4. The van der Waals surface area contributed by atoms with Gasteiger partial charge in [-0.2, -0.15) is 0 Å². The van der Waals surface area contributed by atoms with E-state index in [-0.39, 0.29) is 11.9 Å². The highest BCUT2D eigenvalue weighted by atomic mass is 35.5. The number of carbonyl (C=O) groups excluding carboxylic acids is 2. The quantitative estimate of drug-likeness (QED) is 0.275. The van der Waals surface area contributed by atoms with E-state index >= 15 is 0 Å². The molecule has 1 saturated carbocycles. The molecule has 0 bridgehead atoms. The van der Waals surface area contributed by atoms with Gasteiger partial charge in [0, 0.05) is 28.3 Å². The topological polar surface area (TPSA) is 81.2 Å². The van der Waals surface area contributed by atoms with Crippen LogP contribution in [0.3, 0.4) is 0 Å². The van der Waals surface area contributed by atoms with E-state index in [4.69, 9.17) is 16.3 Å². The molecule has 2 aromatic heterocycles. The maximum Gasteiger partial charge on any atom is 0.305 e. The summed E-state index contributed by atoms with van der Waals surface area (Å²) < 4.78 is 5.91. The number of nitrogens with zero attached hydrogens (tertiary/aromatic N) is 2. The van der Waals surface area contributed by atoms with Crippen molar-refractivity contribution in [1.29, 1.82) is 0 Å². The van der Waals surface area contributed by atoms with E-state index in [2.05, 4.69) is 20.7 Å². The van der Waals surface area contributed by atoms with Crippen LogP contribution in [0, 0.1) is 5.92 Å². The van der Waals surface area contributed by atoms with Crippen LogP contribution in [0.4, 0.5) is 5.69 Å². The van der Waals surface area contributed by atoms with Crippen LogP contribution in [0.15, 0.2) is 60.2 Å². The van der Waals surface area contributed by atoms with E-state index in [0.29, 0.717) is 34.5 Å². The number of fused-ring (bicyclic) bond motifs is 1. The summed E-state index contributed by atoms with van der Waals surface area (Å²) in [6.45, 7) is 0. The lowest BCUT2D eigenvalue weighted by Crippen LogP contribution is -2.17. The molecule has 36 heavy (non-hydrogen) atoms. The number of carbonyl (C=O) groups is 2. The Morgan fingerprint density at radius 1 is 1.08 bits per heavy atom. The first-order valence-electron chi connectivity index (χ1n) is 12.0. The summed E-state index contributed by atoms with van der Waals surface area (Å²) in [5.74, 6) is 0.520. The molecule has 2 heterocycles. The monoisotopic (exact) mass is 519 g/mol. The highest BCUT2D eigenvalue weighted by Gasteiger charge is 2.27. The van der Waals surface area contributed by atoms with Crippen LogP contribution in [0.25, 0.3) is 21.5 Å². The maximum absolute atomic E-state index is 12.5. The van der Waals surface area contributed by atoms with Crippen molar-refractivity contribution in [3.8, 4) is 11.3 Å². The zero-order valence-electron chi connectivity index (χ0n) is 19.9. The average molecular weight is 520 g/mol. The van der Waals surface area contributed by atoms with E-state index in [9.17, 15) is 9.59 Å². The Balaban J connectivity index is 1.31. The number of hydrogen-bond donors (Lipinski definition) is 1. The standard InChI is InChI=1S/C28H26ClN3O3S/c1-35-24(33)13-17-5-7-18(8-6-17)23-15-36-27-25(30-16-31-26(23)27)19-9-11-22(12-10-19)32-28(34)20-3-2-4-21(29)14-20/h2-4,9-12,14-18H,5-8,13H2,1H3,(H,32,34). The normalized spacial score (nSPS) is 17.6. The van der Waals surface area contributed by atoms with Crippen LogP contribution < -0.4 is 5.32 Å². The lowest BCUT2D eigenvalue weighted by molar-refractivity contribution is -0.142. The Hall–Kier alpha value is -3.29. The van der Waals surface area contributed by atoms with Gasteiger partial charge in [0.2, 0.25) is 0 Å². The number of hydrogen-bond acceptors (Lipinski definition) is 6. The predicted molar refractivity (Wildman–Crippen MR) is 144 cm³/mol. The van der Waals surface area contributed by atoms with E-state index in [1.807, 2.05) is 24.3 Å². The smallest absolute Gasteiger partial charge is 0.305 e. The molecule has 0 spiro atoms. The van der Waals surface area contributed by atoms with Crippen molar-refractivity contribution >= 4 is 50.7 Å². The fourth-order valence-corrected chi connectivity index (χ4v) is 6.21. The molecule has 1 fully saturated rings. The summed E-state index contributed by atoms with van der Waals surface area (Å²) in [6, 6.07) is 14.5. The van der Waals surface area contributed by atoms with Gasteiger partial charge in [-0.15, -0.1) is 11.3 Å². The minimum atomic E-state index is -0.209. The molecule has 1 amide bonds. The second kappa shape index (κ2) is 10.8. The minimum absolute atomic E-state index is 0.119. The Bertz CT molecular complexity index is 1390. The highest BCUT2D eigenvalue weighted by molar-refractivity contribution is 7.17. The van der Waals surface area contributed by atoms with Gasteiger partial charge >= 0.3 is 5.97 Å². The van der Waals surface area contributed by atoms with Crippen molar-refractivity contribution in [3.05, 3.63) is 76.4 Å². The zero-order valence-corrected chi connectivity index (χ0v) is 21.4. The average Bonchev–Trinajstić information content (AvgIpc) is 3.34. The van der Waals surface area contributed by atoms with Gasteiger partial charge in [0.1, 0.15) is 6.33 Å². The predicted octanol–water partition coefficient (Wildman–Crippen LogP) is 7.10. The van der Waals surface area contributed by atoms with Gasteiger partial charge < -0.3 is 10.1 Å². The zero-order chi connectivity index (χ0) is 25.1. The molecule has 4 aromatic rings. The third-order valence-corrected chi connectivity index (χ3v) is 8.08. The number of halogens is 1. The molecule has 6 nitrogen and oxygen atoms in total. The molecule has 0 radical (unpaired) electrons. The van der Waals surface area contributed by atoms with Crippen LogP contribution in [-0.2, 0) is 9.53 Å². The van der Waals surface area contributed by atoms with Gasteiger partial charge in [0.05, 0.1) is 23.0 Å². The van der Waals surface area contributed by atoms with E-state index in [0.717, 1.165) is 47.2 Å². The molecule has 8 heteroatoms. The summed E-state index contributed by atoms with van der Waals surface area (Å²) >= 11 is 7.68. The Morgan fingerprint density at radius 2 is 1.86 bits per heavy atom. The number of nitrogens with one attached hydrogen (secondary N) is 1. The van der Waals surface area contributed by atoms with Gasteiger partial charge in [-0.25, -0.2) is 9.97 Å². The minimum Gasteiger partial charge on any atom is -0.469 e. The molecular weight excluding hydrogens is 494 g/mol. The van der Waals surface area contributed by atoms with E-state index in [1.54, 1.807) is 41.9 Å². The SMILES string of the molecule is COC(=O)CC1CCC(c2csc3c(-c4ccc(NC(=O)c5cccc(Cl)c5)cc4)ncnc23)CC1. The van der Waals surface area contributed by atoms with Crippen molar-refractivity contribution in [1.82, 2.24) is 9.97 Å². The van der Waals surface area contributed by atoms with Crippen LogP contribution in [0.1, 0.15) is 53.9 Å². The number of anilines is 1. The summed E-state index contributed by atoms with van der Waals surface area (Å²) in [6.07, 6.45) is 6.29. The Labute approximate surface area is 218 Å². The number of methoxy groups -OCH3 is 1. The van der Waals surface area contributed by atoms with Gasteiger partial charge in [-0.05, 0) is 78.8 Å². The number of amides is 1. The van der Waals surface area contributed by atoms with Crippen molar-refractivity contribution < 1.29 is 14.3 Å². The molecule has 2 aromatic carbocycles. The Kier molecular flexibility index (Phi) is 7.30. The number of thiophene rings is 1. The summed E-state index contributed by atoms with van der Waals surface area (Å²) in [7, 11) is 1.45. The van der Waals surface area contributed by atoms with Crippen molar-refractivity contribution in [3.63, 3.8) is 0 Å². The second-order valence-electron chi connectivity index (χ2n) is 9.13. The highest BCUT2D eigenvalue weighted by Crippen LogP contribution is 2.42. The molecule has 0 aliphatic heterocycles. The van der Waals surface area contributed by atoms with Gasteiger partial charge in [0.15, 0.2) is 0 Å². The largest absolute Gasteiger partial charge is 0.469 e. The number of aromatic nitrogens is 2. The molecule has 0 unspecified atom stereocenters. The van der Waals surface area contributed by atoms with Crippen LogP contribution >= 0.6 is 22.9 Å². The second-order valence-corrected chi connectivity index (χ2v) is 10.4. The van der Waals surface area contributed by atoms with Gasteiger partial charge in [-0.1, -0.05) is 29.8 Å². The van der Waals surface area contributed by atoms with Crippen LogP contribution in [0.5, 0.6) is 0 Å². The summed E-state index contributed by atoms with van der Waals surface area (Å²) in [5, 5.41) is 5.65. The third kappa shape index (κ3) is 5.27. The first-order valence-corrected chi connectivity index (χ1v) is 13.2. The fourth-order valence-electron chi connectivity index (χ4n) is 4.91. The van der Waals surface area contributed by atoms with Crippen molar-refractivity contribution in [2.24, 2.45) is 5.92 Å². The Morgan fingerprint density at radius 3 is 2.58 bits per heavy atom. The van der Waals surface area contributed by atoms with Crippen LogP contribution in [-0.4, -0.2) is 29.0 Å². The number of rotatable bonds is 6. The van der Waals surface area contributed by atoms with Gasteiger partial charge in [0.25, 0.3) is 5.91 Å². The molecule has 184 valence electrons. The molecule has 1 N–H and O–H groups in total. The maximum atomic E-state index is 12.5. The van der Waals surface area contributed by atoms with E-state index < -0.39 is 0 Å². The molecule has 1 aliphatic carbocycles. The summed E-state index contributed by atoms with van der Waals surface area (Å²) in [5.41, 5.74) is 5.36. The van der Waals surface area contributed by atoms with Gasteiger partial charge in [-0.3, -0.25) is 9.59 Å². The fraction of sp³-hybridized carbons (Fsp3) is 0.286. The number of esters is 1. The lowest BCUT2D eigenvalue weighted by Gasteiger charge is -2.27. The van der Waals surface area contributed by atoms with E-state index in [1.165, 1.54) is 12.7 Å². The number of benzene rings is 2. The molecule has 0 saturated heterocycles.